The van der Waals surface area contributed by atoms with Gasteiger partial charge in [0, 0.05) is 26.3 Å². The van der Waals surface area contributed by atoms with E-state index in [1.54, 1.807) is 30.4 Å². The van der Waals surface area contributed by atoms with Crippen LogP contribution in [0.2, 0.25) is 0 Å². The summed E-state index contributed by atoms with van der Waals surface area (Å²) in [5.74, 6) is 0.0178. The van der Waals surface area contributed by atoms with Gasteiger partial charge in [0.15, 0.2) is 0 Å². The van der Waals surface area contributed by atoms with E-state index in [1.165, 1.54) is 0 Å². The van der Waals surface area contributed by atoms with Crippen LogP contribution in [-0.2, 0) is 0 Å². The first kappa shape index (κ1) is 14.5. The van der Waals surface area contributed by atoms with E-state index in [9.17, 15) is 4.79 Å². The molecule has 0 spiro atoms. The third-order valence-electron chi connectivity index (χ3n) is 3.48. The Morgan fingerprint density at radius 1 is 1.44 bits per heavy atom. The zero-order valence-corrected chi connectivity index (χ0v) is 12.1. The van der Waals surface area contributed by atoms with Gasteiger partial charge < -0.3 is 10.2 Å². The maximum absolute atomic E-state index is 12.5. The highest BCUT2D eigenvalue weighted by molar-refractivity contribution is 5.99. The summed E-state index contributed by atoms with van der Waals surface area (Å²) < 4.78 is 0. The molecule has 0 fully saturated rings. The lowest BCUT2D eigenvalue weighted by Crippen LogP contribution is -2.43. The van der Waals surface area contributed by atoms with Crippen LogP contribution in [0, 0.1) is 5.41 Å². The number of hydrogen-bond acceptors (Lipinski definition) is 3. The van der Waals surface area contributed by atoms with Crippen molar-refractivity contribution in [3.05, 3.63) is 24.0 Å². The Labute approximate surface area is 109 Å². The van der Waals surface area contributed by atoms with Crippen LogP contribution in [-0.4, -0.2) is 35.9 Å². The van der Waals surface area contributed by atoms with Gasteiger partial charge in [-0.3, -0.25) is 9.78 Å². The van der Waals surface area contributed by atoms with Crippen LogP contribution in [0.1, 0.15) is 38.1 Å². The molecule has 0 aromatic carbocycles. The summed E-state index contributed by atoms with van der Waals surface area (Å²) in [6.45, 7) is 8.46. The number of pyridine rings is 1. The smallest absolute Gasteiger partial charge is 0.256 e. The fraction of sp³-hybridized carbons (Fsp3) is 0.571. The molecule has 1 atom stereocenters. The van der Waals surface area contributed by atoms with E-state index in [1.807, 2.05) is 7.05 Å². The van der Waals surface area contributed by atoms with Crippen molar-refractivity contribution in [3.63, 3.8) is 0 Å². The number of anilines is 1. The highest BCUT2D eigenvalue weighted by Crippen LogP contribution is 2.25. The van der Waals surface area contributed by atoms with E-state index in [0.29, 0.717) is 5.56 Å². The molecule has 1 aromatic rings. The summed E-state index contributed by atoms with van der Waals surface area (Å²) >= 11 is 0. The average Bonchev–Trinajstić information content (AvgIpc) is 2.34. The number of nitrogens with one attached hydrogen (secondary N) is 1. The Balaban J connectivity index is 3.00. The Bertz CT molecular complexity index is 423. The van der Waals surface area contributed by atoms with E-state index in [0.717, 1.165) is 5.69 Å². The van der Waals surface area contributed by atoms with Crippen molar-refractivity contribution in [2.24, 2.45) is 5.41 Å². The molecule has 1 rings (SSSR count). The molecular weight excluding hydrogens is 226 g/mol. The first-order valence-electron chi connectivity index (χ1n) is 6.18. The molecule has 18 heavy (non-hydrogen) atoms. The summed E-state index contributed by atoms with van der Waals surface area (Å²) in [7, 11) is 3.64. The number of carbonyl (C=O) groups is 1. The van der Waals surface area contributed by atoms with Crippen molar-refractivity contribution in [1.29, 1.82) is 0 Å². The number of hydrogen-bond donors (Lipinski definition) is 1. The lowest BCUT2D eigenvalue weighted by Gasteiger charge is -2.35. The molecule has 100 valence electrons. The highest BCUT2D eigenvalue weighted by atomic mass is 16.2. The van der Waals surface area contributed by atoms with Gasteiger partial charge in [-0.1, -0.05) is 20.8 Å². The SMILES string of the molecule is CNc1cnccc1C(=O)N(C)C(C)C(C)(C)C. The molecule has 1 unspecified atom stereocenters. The average molecular weight is 249 g/mol. The third kappa shape index (κ3) is 3.00. The number of rotatable bonds is 3. The maximum atomic E-state index is 12.5. The first-order chi connectivity index (χ1) is 8.29. The molecule has 1 aromatic heterocycles. The molecule has 1 N–H and O–H groups in total. The van der Waals surface area contributed by atoms with Gasteiger partial charge in [-0.15, -0.1) is 0 Å². The molecule has 0 bridgehead atoms. The molecule has 1 amide bonds. The van der Waals surface area contributed by atoms with Gasteiger partial charge in [0.25, 0.3) is 5.91 Å². The van der Waals surface area contributed by atoms with Crippen LogP contribution >= 0.6 is 0 Å². The van der Waals surface area contributed by atoms with Crippen molar-refractivity contribution < 1.29 is 4.79 Å². The molecule has 0 aliphatic heterocycles. The Morgan fingerprint density at radius 3 is 2.56 bits per heavy atom. The zero-order valence-electron chi connectivity index (χ0n) is 12.1. The van der Waals surface area contributed by atoms with Crippen LogP contribution in [0.15, 0.2) is 18.5 Å². The van der Waals surface area contributed by atoms with Gasteiger partial charge in [-0.2, -0.15) is 0 Å². The van der Waals surface area contributed by atoms with Crippen molar-refractivity contribution in [3.8, 4) is 0 Å². The topological polar surface area (TPSA) is 45.2 Å². The second-order valence-electron chi connectivity index (χ2n) is 5.63. The second kappa shape index (κ2) is 5.38. The van der Waals surface area contributed by atoms with Gasteiger partial charge in [-0.25, -0.2) is 0 Å². The number of carbonyl (C=O) groups excluding carboxylic acids is 1. The molecule has 0 saturated heterocycles. The van der Waals surface area contributed by atoms with Crippen LogP contribution in [0.4, 0.5) is 5.69 Å². The van der Waals surface area contributed by atoms with E-state index < -0.39 is 0 Å². The highest BCUT2D eigenvalue weighted by Gasteiger charge is 2.28. The van der Waals surface area contributed by atoms with Gasteiger partial charge in [0.1, 0.15) is 0 Å². The summed E-state index contributed by atoms with van der Waals surface area (Å²) in [4.78, 5) is 18.3. The molecule has 0 aliphatic carbocycles. The van der Waals surface area contributed by atoms with E-state index in [-0.39, 0.29) is 17.4 Å². The monoisotopic (exact) mass is 249 g/mol. The molecule has 1 heterocycles. The fourth-order valence-electron chi connectivity index (χ4n) is 1.73. The van der Waals surface area contributed by atoms with Crippen LogP contribution in [0.3, 0.4) is 0 Å². The van der Waals surface area contributed by atoms with Crippen LogP contribution in [0.5, 0.6) is 0 Å². The Hall–Kier alpha value is -1.58. The molecule has 0 radical (unpaired) electrons. The van der Waals surface area contributed by atoms with Crippen molar-refractivity contribution in [1.82, 2.24) is 9.88 Å². The van der Waals surface area contributed by atoms with E-state index in [4.69, 9.17) is 0 Å². The summed E-state index contributed by atoms with van der Waals surface area (Å²) in [6.07, 6.45) is 3.31. The molecule has 4 nitrogen and oxygen atoms in total. The summed E-state index contributed by atoms with van der Waals surface area (Å²) in [5, 5.41) is 3.00. The zero-order chi connectivity index (χ0) is 13.9. The standard InChI is InChI=1S/C14H23N3O/c1-10(14(2,3)4)17(6)13(18)11-7-8-16-9-12(11)15-5/h7-10,15H,1-6H3. The quantitative estimate of drug-likeness (QED) is 0.895. The van der Waals surface area contributed by atoms with Gasteiger partial charge in [0.2, 0.25) is 0 Å². The van der Waals surface area contributed by atoms with Gasteiger partial charge >= 0.3 is 0 Å². The lowest BCUT2D eigenvalue weighted by atomic mass is 9.87. The molecular formula is C14H23N3O. The second-order valence-corrected chi connectivity index (χ2v) is 5.63. The van der Waals surface area contributed by atoms with Gasteiger partial charge in [-0.05, 0) is 18.4 Å². The van der Waals surface area contributed by atoms with Gasteiger partial charge in [0.05, 0.1) is 17.4 Å². The first-order valence-corrected chi connectivity index (χ1v) is 6.18. The molecule has 0 aliphatic rings. The Morgan fingerprint density at radius 2 is 2.06 bits per heavy atom. The molecule has 0 saturated carbocycles. The number of nitrogens with zero attached hydrogens (tertiary/aromatic N) is 2. The van der Waals surface area contributed by atoms with Crippen molar-refractivity contribution in [2.45, 2.75) is 33.7 Å². The third-order valence-corrected chi connectivity index (χ3v) is 3.48. The fourth-order valence-corrected chi connectivity index (χ4v) is 1.73. The largest absolute Gasteiger partial charge is 0.386 e. The van der Waals surface area contributed by atoms with Crippen LogP contribution in [0.25, 0.3) is 0 Å². The van der Waals surface area contributed by atoms with Crippen molar-refractivity contribution >= 4 is 11.6 Å². The lowest BCUT2D eigenvalue weighted by molar-refractivity contribution is 0.0630. The predicted molar refractivity (Wildman–Crippen MR) is 74.8 cm³/mol. The molecule has 4 heteroatoms. The summed E-state index contributed by atoms with van der Waals surface area (Å²) in [6, 6.07) is 1.91. The van der Waals surface area contributed by atoms with E-state index in [2.05, 4.69) is 38.0 Å². The maximum Gasteiger partial charge on any atom is 0.256 e. The van der Waals surface area contributed by atoms with Crippen LogP contribution < -0.4 is 5.32 Å². The minimum atomic E-state index is 0.0178. The number of amides is 1. The Kier molecular flexibility index (Phi) is 4.33. The predicted octanol–water partition coefficient (Wildman–Crippen LogP) is 2.63. The number of aromatic nitrogens is 1. The summed E-state index contributed by atoms with van der Waals surface area (Å²) in [5.41, 5.74) is 1.47. The normalized spacial score (nSPS) is 13.0. The minimum absolute atomic E-state index is 0.0178. The minimum Gasteiger partial charge on any atom is -0.386 e. The van der Waals surface area contributed by atoms with Crippen molar-refractivity contribution in [2.75, 3.05) is 19.4 Å². The van der Waals surface area contributed by atoms with E-state index >= 15 is 0 Å².